The molecule has 0 aliphatic carbocycles. The van der Waals surface area contributed by atoms with Crippen LogP contribution in [0.3, 0.4) is 0 Å². The molecule has 2 aromatic carbocycles. The number of carbonyl (C=O) groups is 1. The quantitative estimate of drug-likeness (QED) is 0.518. The zero-order valence-corrected chi connectivity index (χ0v) is 16.0. The molecule has 6 nitrogen and oxygen atoms in total. The number of carbonyl (C=O) groups excluding carboxylic acids is 1. The lowest BCUT2D eigenvalue weighted by molar-refractivity contribution is -0.121. The molecule has 0 bridgehead atoms. The first kappa shape index (κ1) is 18.0. The fourth-order valence-corrected chi connectivity index (χ4v) is 3.55. The highest BCUT2D eigenvalue weighted by Crippen LogP contribution is 2.26. The monoisotopic (exact) mass is 377 g/mol. The number of rotatable bonds is 7. The summed E-state index contributed by atoms with van der Waals surface area (Å²) in [6.45, 7) is 0.851. The van der Waals surface area contributed by atoms with Crippen molar-refractivity contribution in [1.82, 2.24) is 14.9 Å². The van der Waals surface area contributed by atoms with Crippen LogP contribution in [0, 0.1) is 0 Å². The number of aromatic nitrogens is 2. The Hall–Kier alpha value is -3.41. The third-order valence-electron chi connectivity index (χ3n) is 5.00. The van der Waals surface area contributed by atoms with E-state index >= 15 is 0 Å². The maximum atomic E-state index is 12.4. The predicted molar refractivity (Wildman–Crippen MR) is 110 cm³/mol. The second kappa shape index (κ2) is 7.68. The van der Waals surface area contributed by atoms with Gasteiger partial charge < -0.3 is 24.3 Å². The number of methoxy groups -OCH3 is 2. The van der Waals surface area contributed by atoms with E-state index in [4.69, 9.17) is 9.47 Å². The van der Waals surface area contributed by atoms with Gasteiger partial charge in [-0.15, -0.1) is 0 Å². The standard InChI is InChI=1S/C22H23N3O3/c1-27-16-6-7-19-18(12-16)15(13-24-19)8-10-23-22(26)14-25-11-9-17-20(25)4-3-5-21(17)28-2/h3-7,9,11-13,24H,8,10,14H2,1-2H3,(H,23,26). The van der Waals surface area contributed by atoms with E-state index in [9.17, 15) is 4.79 Å². The molecule has 0 unspecified atom stereocenters. The second-order valence-electron chi connectivity index (χ2n) is 6.66. The van der Waals surface area contributed by atoms with Crippen LogP contribution in [0.15, 0.2) is 54.9 Å². The van der Waals surface area contributed by atoms with Crippen molar-refractivity contribution in [3.63, 3.8) is 0 Å². The van der Waals surface area contributed by atoms with Crippen LogP contribution in [0.2, 0.25) is 0 Å². The Morgan fingerprint density at radius 3 is 2.82 bits per heavy atom. The van der Waals surface area contributed by atoms with Crippen LogP contribution < -0.4 is 14.8 Å². The molecule has 0 aliphatic rings. The second-order valence-corrected chi connectivity index (χ2v) is 6.66. The van der Waals surface area contributed by atoms with Gasteiger partial charge in [0.05, 0.1) is 19.7 Å². The molecule has 0 atom stereocenters. The molecule has 0 aliphatic heterocycles. The molecule has 2 N–H and O–H groups in total. The maximum absolute atomic E-state index is 12.4. The summed E-state index contributed by atoms with van der Waals surface area (Å²) in [5.74, 6) is 1.62. The highest BCUT2D eigenvalue weighted by atomic mass is 16.5. The van der Waals surface area contributed by atoms with Crippen LogP contribution in [0.1, 0.15) is 5.56 Å². The number of aromatic amines is 1. The molecule has 28 heavy (non-hydrogen) atoms. The molecule has 0 spiro atoms. The van der Waals surface area contributed by atoms with E-state index in [-0.39, 0.29) is 12.5 Å². The van der Waals surface area contributed by atoms with E-state index in [1.807, 2.05) is 59.4 Å². The van der Waals surface area contributed by atoms with Crippen LogP contribution in [0.25, 0.3) is 21.8 Å². The SMILES string of the molecule is COc1ccc2[nH]cc(CCNC(=O)Cn3ccc4c(OC)cccc43)c2c1. The smallest absolute Gasteiger partial charge is 0.239 e. The number of nitrogens with one attached hydrogen (secondary N) is 2. The van der Waals surface area contributed by atoms with Gasteiger partial charge in [0.1, 0.15) is 18.0 Å². The first-order valence-electron chi connectivity index (χ1n) is 9.22. The Kier molecular flexibility index (Phi) is 4.93. The van der Waals surface area contributed by atoms with E-state index in [2.05, 4.69) is 10.3 Å². The van der Waals surface area contributed by atoms with E-state index < -0.39 is 0 Å². The Morgan fingerprint density at radius 1 is 1.11 bits per heavy atom. The molecule has 0 saturated heterocycles. The first-order chi connectivity index (χ1) is 13.7. The minimum atomic E-state index is -0.0160. The van der Waals surface area contributed by atoms with Crippen molar-refractivity contribution in [2.75, 3.05) is 20.8 Å². The number of nitrogens with zero attached hydrogens (tertiary/aromatic N) is 1. The Labute approximate surface area is 163 Å². The number of hydrogen-bond acceptors (Lipinski definition) is 3. The van der Waals surface area contributed by atoms with Crippen molar-refractivity contribution in [3.05, 3.63) is 60.4 Å². The fraction of sp³-hybridized carbons (Fsp3) is 0.227. The molecular formula is C22H23N3O3. The van der Waals surface area contributed by atoms with Gasteiger partial charge in [-0.05, 0) is 48.4 Å². The predicted octanol–water partition coefficient (Wildman–Crippen LogP) is 3.50. The lowest BCUT2D eigenvalue weighted by atomic mass is 10.1. The highest BCUT2D eigenvalue weighted by Gasteiger charge is 2.10. The Morgan fingerprint density at radius 2 is 2.00 bits per heavy atom. The van der Waals surface area contributed by atoms with E-state index in [1.54, 1.807) is 14.2 Å². The fourth-order valence-electron chi connectivity index (χ4n) is 3.55. The number of ether oxygens (including phenoxy) is 2. The summed E-state index contributed by atoms with van der Waals surface area (Å²) in [7, 11) is 3.31. The van der Waals surface area contributed by atoms with Crippen molar-refractivity contribution in [3.8, 4) is 11.5 Å². The highest BCUT2D eigenvalue weighted by molar-refractivity contribution is 5.88. The van der Waals surface area contributed by atoms with Gasteiger partial charge >= 0.3 is 0 Å². The van der Waals surface area contributed by atoms with Crippen molar-refractivity contribution < 1.29 is 14.3 Å². The molecule has 2 aromatic heterocycles. The van der Waals surface area contributed by atoms with Crippen molar-refractivity contribution in [2.24, 2.45) is 0 Å². The van der Waals surface area contributed by atoms with E-state index in [0.29, 0.717) is 6.54 Å². The lowest BCUT2D eigenvalue weighted by Crippen LogP contribution is -2.29. The van der Waals surface area contributed by atoms with Gasteiger partial charge in [-0.25, -0.2) is 0 Å². The zero-order chi connectivity index (χ0) is 19.5. The molecule has 144 valence electrons. The molecule has 4 rings (SSSR count). The van der Waals surface area contributed by atoms with Crippen LogP contribution in [0.5, 0.6) is 11.5 Å². The van der Waals surface area contributed by atoms with Crippen molar-refractivity contribution in [1.29, 1.82) is 0 Å². The third-order valence-corrected chi connectivity index (χ3v) is 5.00. The van der Waals surface area contributed by atoms with Crippen LogP contribution in [-0.2, 0) is 17.8 Å². The van der Waals surface area contributed by atoms with Crippen LogP contribution in [-0.4, -0.2) is 36.2 Å². The summed E-state index contributed by atoms with van der Waals surface area (Å²) in [5.41, 5.74) is 3.21. The van der Waals surface area contributed by atoms with Gasteiger partial charge in [0.25, 0.3) is 0 Å². The summed E-state index contributed by atoms with van der Waals surface area (Å²) in [6, 6.07) is 13.8. The topological polar surface area (TPSA) is 68.3 Å². The van der Waals surface area contributed by atoms with Gasteiger partial charge in [0, 0.05) is 35.2 Å². The van der Waals surface area contributed by atoms with Gasteiger partial charge in [-0.3, -0.25) is 4.79 Å². The number of H-pyrrole nitrogens is 1. The van der Waals surface area contributed by atoms with Crippen LogP contribution in [0.4, 0.5) is 0 Å². The molecule has 2 heterocycles. The summed E-state index contributed by atoms with van der Waals surface area (Å²) < 4.78 is 12.6. The van der Waals surface area contributed by atoms with Crippen molar-refractivity contribution >= 4 is 27.7 Å². The van der Waals surface area contributed by atoms with Gasteiger partial charge in [0.15, 0.2) is 0 Å². The zero-order valence-electron chi connectivity index (χ0n) is 16.0. The maximum Gasteiger partial charge on any atom is 0.239 e. The number of benzene rings is 2. The average Bonchev–Trinajstić information content (AvgIpc) is 3.31. The molecular weight excluding hydrogens is 354 g/mol. The average molecular weight is 377 g/mol. The Balaban J connectivity index is 1.39. The molecule has 0 fully saturated rings. The first-order valence-corrected chi connectivity index (χ1v) is 9.22. The third kappa shape index (κ3) is 3.41. The summed E-state index contributed by atoms with van der Waals surface area (Å²) >= 11 is 0. The van der Waals surface area contributed by atoms with Gasteiger partial charge in [-0.1, -0.05) is 6.07 Å². The molecule has 0 saturated carbocycles. The lowest BCUT2D eigenvalue weighted by Gasteiger charge is -2.08. The Bertz CT molecular complexity index is 1130. The minimum absolute atomic E-state index is 0.0160. The van der Waals surface area contributed by atoms with Crippen LogP contribution >= 0.6 is 0 Å². The number of amides is 1. The summed E-state index contributed by atoms with van der Waals surface area (Å²) in [4.78, 5) is 15.7. The van der Waals surface area contributed by atoms with Gasteiger partial charge in [-0.2, -0.15) is 0 Å². The summed E-state index contributed by atoms with van der Waals surface area (Å²) in [6.07, 6.45) is 4.65. The largest absolute Gasteiger partial charge is 0.497 e. The van der Waals surface area contributed by atoms with Crippen molar-refractivity contribution in [2.45, 2.75) is 13.0 Å². The molecule has 0 radical (unpaired) electrons. The molecule has 4 aromatic rings. The number of hydrogen-bond donors (Lipinski definition) is 2. The van der Waals surface area contributed by atoms with Gasteiger partial charge in [0.2, 0.25) is 5.91 Å². The normalized spacial score (nSPS) is 11.1. The summed E-state index contributed by atoms with van der Waals surface area (Å²) in [5, 5.41) is 5.14. The number of fused-ring (bicyclic) bond motifs is 2. The minimum Gasteiger partial charge on any atom is -0.497 e. The molecule has 1 amide bonds. The van der Waals surface area contributed by atoms with E-state index in [1.165, 1.54) is 0 Å². The molecule has 6 heteroatoms. The van der Waals surface area contributed by atoms with E-state index in [0.717, 1.165) is 45.3 Å².